The number of aromatic hydroxyl groups is 1. The highest BCUT2D eigenvalue weighted by molar-refractivity contribution is 6.01. The van der Waals surface area contributed by atoms with E-state index in [1.165, 1.54) is 0 Å². The van der Waals surface area contributed by atoms with Gasteiger partial charge in [-0.1, -0.05) is 6.07 Å². The molecule has 3 heteroatoms. The van der Waals surface area contributed by atoms with Gasteiger partial charge in [0.2, 0.25) is 0 Å². The minimum absolute atomic E-state index is 0.0578. The Balaban J connectivity index is 2.56. The average Bonchev–Trinajstić information content (AvgIpc) is 2.32. The number of ketones is 1. The summed E-state index contributed by atoms with van der Waals surface area (Å²) in [5, 5.41) is 12.7. The van der Waals surface area contributed by atoms with E-state index in [1.807, 2.05) is 13.0 Å². The van der Waals surface area contributed by atoms with Crippen molar-refractivity contribution in [3.63, 3.8) is 0 Å². The average molecular weight is 231 g/mol. The summed E-state index contributed by atoms with van der Waals surface area (Å²) >= 11 is 0. The molecular formula is C14H17NO2. The van der Waals surface area contributed by atoms with E-state index < -0.39 is 0 Å². The van der Waals surface area contributed by atoms with Crippen molar-refractivity contribution in [2.45, 2.75) is 26.7 Å². The van der Waals surface area contributed by atoms with Crippen molar-refractivity contribution >= 4 is 11.4 Å². The molecule has 2 N–H and O–H groups in total. The number of Topliss-reactive ketones (excluding diaryl/α,β-unsaturated/α-hetero) is 1. The lowest BCUT2D eigenvalue weighted by atomic mass is 9.91. The second-order valence-corrected chi connectivity index (χ2v) is 4.44. The van der Waals surface area contributed by atoms with Crippen LogP contribution in [0, 0.1) is 6.92 Å². The van der Waals surface area contributed by atoms with Gasteiger partial charge in [0.1, 0.15) is 5.75 Å². The van der Waals surface area contributed by atoms with Crippen LogP contribution in [-0.2, 0) is 4.79 Å². The zero-order chi connectivity index (χ0) is 12.4. The Morgan fingerprint density at radius 1 is 1.41 bits per heavy atom. The largest absolute Gasteiger partial charge is 0.508 e. The molecule has 0 unspecified atom stereocenters. The molecule has 0 fully saturated rings. The van der Waals surface area contributed by atoms with Gasteiger partial charge in [-0.3, -0.25) is 4.79 Å². The van der Waals surface area contributed by atoms with Crippen molar-refractivity contribution in [1.82, 2.24) is 5.32 Å². The fourth-order valence-corrected chi connectivity index (χ4v) is 2.25. The lowest BCUT2D eigenvalue weighted by molar-refractivity contribution is -0.113. The smallest absolute Gasteiger partial charge is 0.175 e. The first-order chi connectivity index (χ1) is 8.09. The number of aryl methyl sites for hydroxylation is 1. The maximum absolute atomic E-state index is 11.6. The Morgan fingerprint density at radius 3 is 2.88 bits per heavy atom. The van der Waals surface area contributed by atoms with Gasteiger partial charge in [-0.15, -0.1) is 0 Å². The molecule has 1 heterocycles. The fourth-order valence-electron chi connectivity index (χ4n) is 2.25. The number of phenols is 1. The third kappa shape index (κ3) is 2.33. The van der Waals surface area contributed by atoms with Gasteiger partial charge < -0.3 is 10.4 Å². The summed E-state index contributed by atoms with van der Waals surface area (Å²) in [6.45, 7) is 4.41. The molecule has 0 bridgehead atoms. The number of carbonyl (C=O) groups excluding carboxylic acids is 1. The molecule has 0 saturated heterocycles. The second-order valence-electron chi connectivity index (χ2n) is 4.44. The van der Waals surface area contributed by atoms with E-state index in [2.05, 4.69) is 5.32 Å². The van der Waals surface area contributed by atoms with Crippen LogP contribution in [0.1, 0.15) is 30.9 Å². The predicted molar refractivity (Wildman–Crippen MR) is 67.7 cm³/mol. The molecule has 0 aromatic heterocycles. The summed E-state index contributed by atoms with van der Waals surface area (Å²) < 4.78 is 0. The van der Waals surface area contributed by atoms with Gasteiger partial charge in [0.25, 0.3) is 0 Å². The lowest BCUT2D eigenvalue weighted by Gasteiger charge is -2.22. The van der Waals surface area contributed by atoms with E-state index in [0.717, 1.165) is 36.1 Å². The van der Waals surface area contributed by atoms with E-state index in [-0.39, 0.29) is 11.5 Å². The highest BCUT2D eigenvalue weighted by atomic mass is 16.3. The molecule has 0 spiro atoms. The van der Waals surface area contributed by atoms with Gasteiger partial charge in [-0.2, -0.15) is 0 Å². The quantitative estimate of drug-likeness (QED) is 0.821. The van der Waals surface area contributed by atoms with Crippen LogP contribution in [0.5, 0.6) is 5.75 Å². The molecule has 2 rings (SSSR count). The molecular weight excluding hydrogens is 214 g/mol. The zero-order valence-electron chi connectivity index (χ0n) is 10.2. The Bertz CT molecular complexity index is 489. The zero-order valence-corrected chi connectivity index (χ0v) is 10.2. The molecule has 0 atom stereocenters. The van der Waals surface area contributed by atoms with Gasteiger partial charge in [0, 0.05) is 13.5 Å². The number of carbonyl (C=O) groups is 1. The van der Waals surface area contributed by atoms with Crippen molar-refractivity contribution < 1.29 is 9.90 Å². The molecule has 1 aliphatic rings. The summed E-state index contributed by atoms with van der Waals surface area (Å²) in [4.78, 5) is 11.6. The van der Waals surface area contributed by atoms with Crippen molar-refractivity contribution in [3.8, 4) is 5.75 Å². The van der Waals surface area contributed by atoms with Crippen molar-refractivity contribution in [2.24, 2.45) is 0 Å². The molecule has 3 nitrogen and oxygen atoms in total. The monoisotopic (exact) mass is 231 g/mol. The number of rotatable bonds is 2. The Morgan fingerprint density at radius 2 is 2.18 bits per heavy atom. The molecule has 0 amide bonds. The highest BCUT2D eigenvalue weighted by Gasteiger charge is 2.18. The number of phenolic OH excluding ortho intramolecular Hbond substituents is 1. The Kier molecular flexibility index (Phi) is 3.18. The van der Waals surface area contributed by atoms with Gasteiger partial charge in [-0.25, -0.2) is 0 Å². The summed E-state index contributed by atoms with van der Waals surface area (Å²) in [6, 6.07) is 5.29. The van der Waals surface area contributed by atoms with Crippen LogP contribution in [0.15, 0.2) is 23.9 Å². The standard InChI is InChI=1S/C14H17NO2/c1-9-5-6-11(17)8-13(9)12-4-3-7-15-14(12)10(2)16/h5-6,8,15,17H,3-4,7H2,1-2H3. The Hall–Kier alpha value is -1.77. The summed E-state index contributed by atoms with van der Waals surface area (Å²) in [6.07, 6.45) is 1.90. The minimum atomic E-state index is 0.0578. The maximum atomic E-state index is 11.6. The van der Waals surface area contributed by atoms with Crippen LogP contribution < -0.4 is 5.32 Å². The van der Waals surface area contributed by atoms with Gasteiger partial charge >= 0.3 is 0 Å². The topological polar surface area (TPSA) is 49.3 Å². The molecule has 1 aromatic rings. The van der Waals surface area contributed by atoms with Crippen molar-refractivity contribution in [1.29, 1.82) is 0 Å². The van der Waals surface area contributed by atoms with Crippen LogP contribution in [0.3, 0.4) is 0 Å². The van der Waals surface area contributed by atoms with Crippen LogP contribution in [0.25, 0.3) is 5.57 Å². The first-order valence-corrected chi connectivity index (χ1v) is 5.87. The lowest BCUT2D eigenvalue weighted by Crippen LogP contribution is -2.25. The number of allylic oxidation sites excluding steroid dienone is 2. The van der Waals surface area contributed by atoms with E-state index in [1.54, 1.807) is 19.1 Å². The normalized spacial score (nSPS) is 15.6. The van der Waals surface area contributed by atoms with E-state index >= 15 is 0 Å². The second kappa shape index (κ2) is 4.62. The van der Waals surface area contributed by atoms with E-state index in [0.29, 0.717) is 5.70 Å². The molecule has 17 heavy (non-hydrogen) atoms. The van der Waals surface area contributed by atoms with Crippen LogP contribution in [-0.4, -0.2) is 17.4 Å². The van der Waals surface area contributed by atoms with Crippen LogP contribution in [0.2, 0.25) is 0 Å². The molecule has 0 radical (unpaired) electrons. The van der Waals surface area contributed by atoms with Crippen molar-refractivity contribution in [3.05, 3.63) is 35.0 Å². The van der Waals surface area contributed by atoms with Gasteiger partial charge in [0.05, 0.1) is 5.70 Å². The number of nitrogens with one attached hydrogen (secondary N) is 1. The number of hydrogen-bond donors (Lipinski definition) is 2. The first kappa shape index (κ1) is 11.7. The number of benzene rings is 1. The molecule has 1 aliphatic heterocycles. The van der Waals surface area contributed by atoms with Crippen LogP contribution in [0.4, 0.5) is 0 Å². The Labute approximate surface area is 101 Å². The summed E-state index contributed by atoms with van der Waals surface area (Å²) in [5.41, 5.74) is 3.78. The van der Waals surface area contributed by atoms with E-state index in [9.17, 15) is 9.90 Å². The van der Waals surface area contributed by atoms with Gasteiger partial charge in [0.15, 0.2) is 5.78 Å². The molecule has 0 saturated carbocycles. The fraction of sp³-hybridized carbons (Fsp3) is 0.357. The third-order valence-corrected chi connectivity index (χ3v) is 3.11. The summed E-state index contributed by atoms with van der Waals surface area (Å²) in [7, 11) is 0. The predicted octanol–water partition coefficient (Wildman–Crippen LogP) is 2.38. The SMILES string of the molecule is CC(=O)C1=C(c2cc(O)ccc2C)CCCN1. The maximum Gasteiger partial charge on any atom is 0.175 e. The first-order valence-electron chi connectivity index (χ1n) is 5.87. The number of hydrogen-bond acceptors (Lipinski definition) is 3. The molecule has 0 aliphatic carbocycles. The highest BCUT2D eigenvalue weighted by Crippen LogP contribution is 2.30. The third-order valence-electron chi connectivity index (χ3n) is 3.11. The van der Waals surface area contributed by atoms with Gasteiger partial charge in [-0.05, 0) is 48.6 Å². The minimum Gasteiger partial charge on any atom is -0.508 e. The van der Waals surface area contributed by atoms with Crippen LogP contribution >= 0.6 is 0 Å². The summed E-state index contributed by atoms with van der Waals surface area (Å²) in [5.74, 6) is 0.300. The molecule has 1 aromatic carbocycles. The van der Waals surface area contributed by atoms with E-state index in [4.69, 9.17) is 0 Å². The molecule has 90 valence electrons. The van der Waals surface area contributed by atoms with Crippen molar-refractivity contribution in [2.75, 3.05) is 6.54 Å².